The van der Waals surface area contributed by atoms with Gasteiger partial charge in [-0.15, -0.1) is 10.2 Å². The topological polar surface area (TPSA) is 132 Å². The Labute approximate surface area is 176 Å². The van der Waals surface area contributed by atoms with Gasteiger partial charge in [0, 0.05) is 36.5 Å². The molecule has 0 spiro atoms. The minimum atomic E-state index is -0.453. The number of methoxy groups -OCH3 is 1. The molecule has 1 amide bonds. The van der Waals surface area contributed by atoms with E-state index in [9.17, 15) is 14.9 Å². The number of non-ortho nitro benzene ring substituents is 1. The smallest absolute Gasteiger partial charge is 0.277 e. The predicted molar refractivity (Wildman–Crippen MR) is 112 cm³/mol. The predicted octanol–water partition coefficient (Wildman–Crippen LogP) is 2.97. The molecule has 10 nitrogen and oxygen atoms in total. The zero-order valence-corrected chi connectivity index (χ0v) is 16.8. The molecule has 0 radical (unpaired) electrons. The average Bonchev–Trinajstić information content (AvgIpc) is 3.25. The molecule has 0 aliphatic rings. The molecule has 0 saturated carbocycles. The Hall–Kier alpha value is -3.60. The zero-order valence-electron chi connectivity index (χ0n) is 16.0. The first kappa shape index (κ1) is 21.1. The van der Waals surface area contributed by atoms with Crippen molar-refractivity contribution in [2.45, 2.75) is 5.22 Å². The lowest BCUT2D eigenvalue weighted by atomic mass is 10.2. The highest BCUT2D eigenvalue weighted by atomic mass is 32.2. The minimum Gasteiger partial charge on any atom is -0.497 e. The first-order chi connectivity index (χ1) is 14.5. The van der Waals surface area contributed by atoms with Crippen LogP contribution >= 0.6 is 11.8 Å². The first-order valence-electron chi connectivity index (χ1n) is 8.91. The number of hydrogen-bond acceptors (Lipinski definition) is 9. The van der Waals surface area contributed by atoms with E-state index in [1.54, 1.807) is 31.4 Å². The molecular formula is C19H19N5O5S. The van der Waals surface area contributed by atoms with E-state index in [0.29, 0.717) is 24.2 Å². The Kier molecular flexibility index (Phi) is 7.22. The van der Waals surface area contributed by atoms with Crippen molar-refractivity contribution in [3.63, 3.8) is 0 Å². The number of thioether (sulfide) groups is 1. The number of nitrogens with one attached hydrogen (secondary N) is 2. The van der Waals surface area contributed by atoms with Crippen LogP contribution in [-0.4, -0.2) is 47.0 Å². The summed E-state index contributed by atoms with van der Waals surface area (Å²) < 4.78 is 10.7. The fourth-order valence-electron chi connectivity index (χ4n) is 2.41. The third kappa shape index (κ3) is 5.95. The number of nitrogens with zero attached hydrogens (tertiary/aromatic N) is 3. The van der Waals surface area contributed by atoms with Gasteiger partial charge in [-0.1, -0.05) is 11.8 Å². The molecule has 0 unspecified atom stereocenters. The van der Waals surface area contributed by atoms with Gasteiger partial charge < -0.3 is 19.8 Å². The van der Waals surface area contributed by atoms with Gasteiger partial charge in [0.2, 0.25) is 11.8 Å². The van der Waals surface area contributed by atoms with E-state index in [1.807, 2.05) is 12.1 Å². The molecule has 0 bridgehead atoms. The average molecular weight is 429 g/mol. The number of amides is 1. The summed E-state index contributed by atoms with van der Waals surface area (Å²) in [5, 5.41) is 24.7. The molecule has 30 heavy (non-hydrogen) atoms. The van der Waals surface area contributed by atoms with Crippen LogP contribution in [0.4, 0.5) is 11.4 Å². The van der Waals surface area contributed by atoms with Crippen LogP contribution in [0.3, 0.4) is 0 Å². The highest BCUT2D eigenvalue weighted by Crippen LogP contribution is 2.24. The molecule has 2 N–H and O–H groups in total. The Balaban J connectivity index is 1.37. The number of ether oxygens (including phenoxy) is 1. The van der Waals surface area contributed by atoms with Crippen molar-refractivity contribution in [1.82, 2.24) is 15.5 Å². The largest absolute Gasteiger partial charge is 0.497 e. The molecule has 3 aromatic rings. The lowest BCUT2D eigenvalue weighted by Gasteiger charge is -2.07. The molecule has 0 aliphatic heterocycles. The molecule has 0 atom stereocenters. The van der Waals surface area contributed by atoms with Gasteiger partial charge in [0.25, 0.3) is 10.9 Å². The lowest BCUT2D eigenvalue weighted by Crippen LogP contribution is -2.30. The summed E-state index contributed by atoms with van der Waals surface area (Å²) in [7, 11) is 1.59. The number of anilines is 1. The maximum absolute atomic E-state index is 12.0. The van der Waals surface area contributed by atoms with E-state index in [0.717, 1.165) is 28.8 Å². The molecule has 156 valence electrons. The van der Waals surface area contributed by atoms with Gasteiger partial charge in [0.05, 0.1) is 17.8 Å². The molecule has 1 aromatic heterocycles. The molecule has 11 heteroatoms. The van der Waals surface area contributed by atoms with E-state index in [4.69, 9.17) is 9.15 Å². The van der Waals surface area contributed by atoms with Gasteiger partial charge in [0.1, 0.15) is 5.75 Å². The summed E-state index contributed by atoms with van der Waals surface area (Å²) in [5.74, 6) is 1.07. The second kappa shape index (κ2) is 10.3. The van der Waals surface area contributed by atoms with Crippen LogP contribution in [-0.2, 0) is 4.79 Å². The maximum Gasteiger partial charge on any atom is 0.277 e. The van der Waals surface area contributed by atoms with Crippen LogP contribution in [0, 0.1) is 10.1 Å². The van der Waals surface area contributed by atoms with Gasteiger partial charge in [-0.25, -0.2) is 0 Å². The molecule has 3 rings (SSSR count). The van der Waals surface area contributed by atoms with Crippen molar-refractivity contribution in [1.29, 1.82) is 0 Å². The van der Waals surface area contributed by atoms with Gasteiger partial charge in [-0.3, -0.25) is 14.9 Å². The standard InChI is InChI=1S/C19H19N5O5S/c1-28-16-8-2-13(3-9-16)18-22-23-19(29-18)30-12-17(25)21-11-10-20-14-4-6-15(7-5-14)24(26)27/h2-9,20H,10-12H2,1H3,(H,21,25). The van der Waals surface area contributed by atoms with E-state index in [1.165, 1.54) is 12.1 Å². The number of nitro benzene ring substituents is 1. The Morgan fingerprint density at radius 1 is 1.13 bits per heavy atom. The molecule has 0 aliphatic carbocycles. The van der Waals surface area contributed by atoms with Crippen molar-refractivity contribution in [2.75, 3.05) is 31.3 Å². The quantitative estimate of drug-likeness (QED) is 0.216. The van der Waals surface area contributed by atoms with Gasteiger partial charge in [-0.05, 0) is 36.4 Å². The first-order valence-corrected chi connectivity index (χ1v) is 9.89. The van der Waals surface area contributed by atoms with E-state index >= 15 is 0 Å². The van der Waals surface area contributed by atoms with Gasteiger partial charge >= 0.3 is 0 Å². The fourth-order valence-corrected chi connectivity index (χ4v) is 3.00. The third-order valence-electron chi connectivity index (χ3n) is 3.92. The van der Waals surface area contributed by atoms with Gasteiger partial charge in [0.15, 0.2) is 0 Å². The monoisotopic (exact) mass is 429 g/mol. The molecule has 2 aromatic carbocycles. The van der Waals surface area contributed by atoms with Crippen molar-refractivity contribution in [3.05, 3.63) is 58.6 Å². The number of benzene rings is 2. The summed E-state index contributed by atoms with van der Waals surface area (Å²) in [6.07, 6.45) is 0. The summed E-state index contributed by atoms with van der Waals surface area (Å²) in [4.78, 5) is 22.1. The number of rotatable bonds is 10. The van der Waals surface area contributed by atoms with Crippen LogP contribution in [0.2, 0.25) is 0 Å². The Bertz CT molecular complexity index is 991. The normalized spacial score (nSPS) is 10.4. The second-order valence-corrected chi connectivity index (χ2v) is 6.90. The SMILES string of the molecule is COc1ccc(-c2nnc(SCC(=O)NCCNc3ccc([N+](=O)[O-])cc3)o2)cc1. The molecular weight excluding hydrogens is 410 g/mol. The Morgan fingerprint density at radius 2 is 1.87 bits per heavy atom. The highest BCUT2D eigenvalue weighted by Gasteiger charge is 2.11. The zero-order chi connectivity index (χ0) is 21.3. The number of carbonyl (C=O) groups is 1. The van der Waals surface area contributed by atoms with Crippen LogP contribution in [0.25, 0.3) is 11.5 Å². The number of nitro groups is 1. The van der Waals surface area contributed by atoms with E-state index in [2.05, 4.69) is 20.8 Å². The van der Waals surface area contributed by atoms with Crippen LogP contribution in [0.1, 0.15) is 0 Å². The summed E-state index contributed by atoms with van der Waals surface area (Å²) >= 11 is 1.15. The highest BCUT2D eigenvalue weighted by molar-refractivity contribution is 7.99. The van der Waals surface area contributed by atoms with Crippen LogP contribution in [0.15, 0.2) is 58.2 Å². The van der Waals surface area contributed by atoms with E-state index < -0.39 is 4.92 Å². The third-order valence-corrected chi connectivity index (χ3v) is 4.74. The maximum atomic E-state index is 12.0. The minimum absolute atomic E-state index is 0.0297. The number of hydrogen-bond donors (Lipinski definition) is 2. The van der Waals surface area contributed by atoms with Crippen LogP contribution < -0.4 is 15.4 Å². The molecule has 0 fully saturated rings. The van der Waals surface area contributed by atoms with E-state index in [-0.39, 0.29) is 17.3 Å². The summed E-state index contributed by atoms with van der Waals surface area (Å²) in [5.41, 5.74) is 1.53. The van der Waals surface area contributed by atoms with Crippen molar-refractivity contribution in [2.24, 2.45) is 0 Å². The number of carbonyl (C=O) groups excluding carboxylic acids is 1. The van der Waals surface area contributed by atoms with Crippen molar-refractivity contribution < 1.29 is 18.9 Å². The van der Waals surface area contributed by atoms with Crippen molar-refractivity contribution in [3.8, 4) is 17.2 Å². The van der Waals surface area contributed by atoms with Crippen molar-refractivity contribution >= 4 is 29.0 Å². The lowest BCUT2D eigenvalue weighted by molar-refractivity contribution is -0.384. The summed E-state index contributed by atoms with van der Waals surface area (Å²) in [6.45, 7) is 0.883. The number of aromatic nitrogens is 2. The fraction of sp³-hybridized carbons (Fsp3) is 0.211. The molecule has 0 saturated heterocycles. The molecule has 1 heterocycles. The van der Waals surface area contributed by atoms with Crippen LogP contribution in [0.5, 0.6) is 5.75 Å². The second-order valence-electron chi connectivity index (χ2n) is 5.97. The summed E-state index contributed by atoms with van der Waals surface area (Å²) in [6, 6.07) is 13.3. The Morgan fingerprint density at radius 3 is 2.53 bits per heavy atom. The van der Waals surface area contributed by atoms with Gasteiger partial charge in [-0.2, -0.15) is 0 Å².